The van der Waals surface area contributed by atoms with Gasteiger partial charge in [0.2, 0.25) is 0 Å². The zero-order chi connectivity index (χ0) is 12.2. The lowest BCUT2D eigenvalue weighted by Crippen LogP contribution is -2.19. The molecule has 16 heavy (non-hydrogen) atoms. The number of aromatic nitrogens is 1. The SMILES string of the molecule is CN(CCC#N)c1ccc(C(F)(F)F)cn1. The molecule has 86 valence electrons. The van der Waals surface area contributed by atoms with Crippen LogP contribution in [0.5, 0.6) is 0 Å². The second-order valence-electron chi connectivity index (χ2n) is 3.23. The molecule has 0 fully saturated rings. The highest BCUT2D eigenvalue weighted by molar-refractivity contribution is 5.38. The Hall–Kier alpha value is -1.77. The van der Waals surface area contributed by atoms with Gasteiger partial charge < -0.3 is 4.90 Å². The topological polar surface area (TPSA) is 39.9 Å². The fourth-order valence-electron chi connectivity index (χ4n) is 1.11. The van der Waals surface area contributed by atoms with Crippen LogP contribution >= 0.6 is 0 Å². The molecule has 6 heteroatoms. The van der Waals surface area contributed by atoms with Crippen LogP contribution in [0, 0.1) is 11.3 Å². The summed E-state index contributed by atoms with van der Waals surface area (Å²) in [5, 5.41) is 8.37. The first-order valence-electron chi connectivity index (χ1n) is 4.56. The molecular weight excluding hydrogens is 219 g/mol. The van der Waals surface area contributed by atoms with E-state index in [-0.39, 0.29) is 0 Å². The van der Waals surface area contributed by atoms with E-state index in [0.717, 1.165) is 12.3 Å². The van der Waals surface area contributed by atoms with Crippen molar-refractivity contribution in [1.29, 1.82) is 5.26 Å². The minimum absolute atomic E-state index is 0.305. The van der Waals surface area contributed by atoms with Crippen LogP contribution in [0.15, 0.2) is 18.3 Å². The maximum atomic E-state index is 12.2. The number of alkyl halides is 3. The number of nitriles is 1. The molecule has 1 aromatic heterocycles. The summed E-state index contributed by atoms with van der Waals surface area (Å²) >= 11 is 0. The summed E-state index contributed by atoms with van der Waals surface area (Å²) in [5.41, 5.74) is -0.773. The maximum absolute atomic E-state index is 12.2. The molecule has 0 saturated carbocycles. The van der Waals surface area contributed by atoms with Gasteiger partial charge in [-0.3, -0.25) is 0 Å². The minimum atomic E-state index is -4.36. The van der Waals surface area contributed by atoms with E-state index in [4.69, 9.17) is 5.26 Å². The minimum Gasteiger partial charge on any atom is -0.359 e. The number of hydrogen-bond donors (Lipinski definition) is 0. The van der Waals surface area contributed by atoms with E-state index in [0.29, 0.717) is 18.8 Å². The highest BCUT2D eigenvalue weighted by Crippen LogP contribution is 2.29. The fourth-order valence-corrected chi connectivity index (χ4v) is 1.11. The Morgan fingerprint density at radius 2 is 2.12 bits per heavy atom. The summed E-state index contributed by atoms with van der Waals surface area (Å²) in [5.74, 6) is 0.420. The number of pyridine rings is 1. The van der Waals surface area contributed by atoms with Crippen molar-refractivity contribution in [3.63, 3.8) is 0 Å². The molecule has 0 N–H and O–H groups in total. The molecular formula is C10H10F3N3. The third-order valence-electron chi connectivity index (χ3n) is 2.03. The van der Waals surface area contributed by atoms with Gasteiger partial charge in [-0.15, -0.1) is 0 Å². The lowest BCUT2D eigenvalue weighted by molar-refractivity contribution is -0.137. The molecule has 0 aliphatic heterocycles. The number of rotatable bonds is 3. The zero-order valence-corrected chi connectivity index (χ0v) is 8.62. The molecule has 3 nitrogen and oxygen atoms in total. The van der Waals surface area contributed by atoms with Gasteiger partial charge in [0.1, 0.15) is 5.82 Å². The predicted octanol–water partition coefficient (Wildman–Crippen LogP) is 2.45. The molecule has 0 unspecified atom stereocenters. The molecule has 0 spiro atoms. The second kappa shape index (κ2) is 4.84. The summed E-state index contributed by atoms with van der Waals surface area (Å²) in [4.78, 5) is 5.32. The van der Waals surface area contributed by atoms with Crippen molar-refractivity contribution in [1.82, 2.24) is 4.98 Å². The van der Waals surface area contributed by atoms with Crippen LogP contribution in [-0.4, -0.2) is 18.6 Å². The van der Waals surface area contributed by atoms with Crippen molar-refractivity contribution in [2.45, 2.75) is 12.6 Å². The van der Waals surface area contributed by atoms with Gasteiger partial charge in [-0.1, -0.05) is 0 Å². The largest absolute Gasteiger partial charge is 0.417 e. The molecule has 1 aromatic rings. The lowest BCUT2D eigenvalue weighted by atomic mass is 10.2. The Morgan fingerprint density at radius 1 is 1.44 bits per heavy atom. The van der Waals surface area contributed by atoms with Crippen LogP contribution in [0.3, 0.4) is 0 Å². The monoisotopic (exact) mass is 229 g/mol. The molecule has 1 rings (SSSR count). The predicted molar refractivity (Wildman–Crippen MR) is 52.7 cm³/mol. The van der Waals surface area contributed by atoms with Crippen molar-refractivity contribution >= 4 is 5.82 Å². The van der Waals surface area contributed by atoms with E-state index in [9.17, 15) is 13.2 Å². The number of halogens is 3. The standard InChI is InChI=1S/C10H10F3N3/c1-16(6-2-5-14)9-4-3-8(7-15-9)10(11,12)13/h3-4,7H,2,6H2,1H3. The summed E-state index contributed by atoms with van der Waals surface area (Å²) in [6, 6.07) is 4.22. The molecule has 0 saturated heterocycles. The van der Waals surface area contributed by atoms with E-state index in [2.05, 4.69) is 4.98 Å². The number of hydrogen-bond acceptors (Lipinski definition) is 3. The third-order valence-corrected chi connectivity index (χ3v) is 2.03. The summed E-state index contributed by atoms with van der Waals surface area (Å²) < 4.78 is 36.7. The number of nitrogens with zero attached hydrogens (tertiary/aromatic N) is 3. The maximum Gasteiger partial charge on any atom is 0.417 e. The van der Waals surface area contributed by atoms with Gasteiger partial charge in [0.15, 0.2) is 0 Å². The molecule has 0 aliphatic carbocycles. The average molecular weight is 229 g/mol. The average Bonchev–Trinajstić information content (AvgIpc) is 2.25. The van der Waals surface area contributed by atoms with Crippen LogP contribution in [-0.2, 0) is 6.18 Å². The first-order chi connectivity index (χ1) is 7.45. The van der Waals surface area contributed by atoms with E-state index in [1.54, 1.807) is 11.9 Å². The lowest BCUT2D eigenvalue weighted by Gasteiger charge is -2.16. The normalized spacial score (nSPS) is 10.9. The van der Waals surface area contributed by atoms with Crippen LogP contribution in [0.25, 0.3) is 0 Å². The van der Waals surface area contributed by atoms with E-state index in [1.807, 2.05) is 6.07 Å². The van der Waals surface area contributed by atoms with Crippen molar-refractivity contribution in [2.75, 3.05) is 18.5 Å². The molecule has 0 amide bonds. The van der Waals surface area contributed by atoms with Crippen molar-refractivity contribution < 1.29 is 13.2 Å². The Balaban J connectivity index is 2.76. The van der Waals surface area contributed by atoms with Crippen molar-refractivity contribution in [3.8, 4) is 6.07 Å². The first kappa shape index (κ1) is 12.3. The highest BCUT2D eigenvalue weighted by atomic mass is 19.4. The third kappa shape index (κ3) is 3.12. The summed E-state index contributed by atoms with van der Waals surface area (Å²) in [7, 11) is 1.67. The quantitative estimate of drug-likeness (QED) is 0.799. The first-order valence-corrected chi connectivity index (χ1v) is 4.56. The Morgan fingerprint density at radius 3 is 2.56 bits per heavy atom. The van der Waals surface area contributed by atoms with Gasteiger partial charge in [-0.05, 0) is 12.1 Å². The molecule has 0 aliphatic rings. The van der Waals surface area contributed by atoms with Gasteiger partial charge in [0.25, 0.3) is 0 Å². The van der Waals surface area contributed by atoms with Gasteiger partial charge in [-0.25, -0.2) is 4.98 Å². The zero-order valence-electron chi connectivity index (χ0n) is 8.62. The van der Waals surface area contributed by atoms with E-state index >= 15 is 0 Å². The fraction of sp³-hybridized carbons (Fsp3) is 0.400. The highest BCUT2D eigenvalue weighted by Gasteiger charge is 2.30. The molecule has 0 bridgehead atoms. The smallest absolute Gasteiger partial charge is 0.359 e. The second-order valence-corrected chi connectivity index (χ2v) is 3.23. The number of anilines is 1. The van der Waals surface area contributed by atoms with Crippen molar-refractivity contribution in [2.24, 2.45) is 0 Å². The molecule has 1 heterocycles. The molecule has 0 aromatic carbocycles. The van der Waals surface area contributed by atoms with Crippen LogP contribution in [0.2, 0.25) is 0 Å². The van der Waals surface area contributed by atoms with Gasteiger partial charge >= 0.3 is 6.18 Å². The van der Waals surface area contributed by atoms with Crippen molar-refractivity contribution in [3.05, 3.63) is 23.9 Å². The van der Waals surface area contributed by atoms with E-state index in [1.165, 1.54) is 6.07 Å². The summed E-state index contributed by atoms with van der Waals surface area (Å²) in [6.45, 7) is 0.439. The van der Waals surface area contributed by atoms with Crippen LogP contribution < -0.4 is 4.90 Å². The Labute approximate surface area is 91.1 Å². The summed E-state index contributed by atoms with van der Waals surface area (Å²) in [6.07, 6.45) is -3.27. The Kier molecular flexibility index (Phi) is 3.72. The Bertz CT molecular complexity index is 378. The van der Waals surface area contributed by atoms with E-state index < -0.39 is 11.7 Å². The van der Waals surface area contributed by atoms with Crippen LogP contribution in [0.4, 0.5) is 19.0 Å². The molecule has 0 radical (unpaired) electrons. The molecule has 0 atom stereocenters. The van der Waals surface area contributed by atoms with Gasteiger partial charge in [-0.2, -0.15) is 18.4 Å². The van der Waals surface area contributed by atoms with Gasteiger partial charge in [0, 0.05) is 19.8 Å². The van der Waals surface area contributed by atoms with Crippen LogP contribution in [0.1, 0.15) is 12.0 Å². The van der Waals surface area contributed by atoms with Gasteiger partial charge in [0.05, 0.1) is 18.1 Å².